The van der Waals surface area contributed by atoms with Crippen molar-refractivity contribution in [3.8, 4) is 0 Å². The number of nitrogens with two attached hydrogens (primary N) is 1. The maximum absolute atomic E-state index is 14.5. The molecule has 2 aromatic rings. The van der Waals surface area contributed by atoms with Gasteiger partial charge >= 0.3 is 11.8 Å². The van der Waals surface area contributed by atoms with E-state index in [0.717, 1.165) is 15.5 Å². The summed E-state index contributed by atoms with van der Waals surface area (Å²) in [4.78, 5) is 66.9. The minimum absolute atomic E-state index is 0.0171. The van der Waals surface area contributed by atoms with Gasteiger partial charge in [0.15, 0.2) is 28.5 Å². The predicted octanol–water partition coefficient (Wildman–Crippen LogP) is 4.49. The molecule has 0 aliphatic carbocycles. The SMILES string of the molecule is Cc1cn([C@@H]2O[C@H](CO[Si](C)(C)C(C)(C)C)[C@@]3(OS(=O)(=O)C=C3N)[C@H]2O[Si](C)(C)C(C)(C)C)c(=O)n(CCCNC(=O)[C@H](C)NC(=O)[C@@H](NC(=O)OCc2ccccc2)C(C)C)c1=O. The molecule has 1 aromatic carbocycles. The van der Waals surface area contributed by atoms with Crippen LogP contribution < -0.4 is 32.9 Å². The number of amides is 3. The first kappa shape index (κ1) is 52.5. The highest BCUT2D eigenvalue weighted by molar-refractivity contribution is 7.90. The molecule has 358 valence electrons. The Morgan fingerprint density at radius 1 is 0.938 bits per heavy atom. The number of rotatable bonds is 17. The molecule has 18 nitrogen and oxygen atoms in total. The number of nitrogens with zero attached hydrogens (tertiary/aromatic N) is 2. The summed E-state index contributed by atoms with van der Waals surface area (Å²) in [6.45, 7) is 26.6. The molecule has 6 atom stereocenters. The van der Waals surface area contributed by atoms with E-state index in [1.165, 1.54) is 17.7 Å². The number of carbonyl (C=O) groups excluding carboxylic acids is 3. The molecule has 2 aliphatic heterocycles. The lowest BCUT2D eigenvalue weighted by atomic mass is 9.89. The first-order valence-electron chi connectivity index (χ1n) is 21.6. The summed E-state index contributed by atoms with van der Waals surface area (Å²) in [6.07, 6.45) is -3.04. The Balaban J connectivity index is 1.55. The third-order valence-corrected chi connectivity index (χ3v) is 22.8. The van der Waals surface area contributed by atoms with Gasteiger partial charge in [0.05, 0.1) is 17.7 Å². The second-order valence-corrected chi connectivity index (χ2v) is 31.0. The van der Waals surface area contributed by atoms with E-state index in [2.05, 4.69) is 36.7 Å². The van der Waals surface area contributed by atoms with Crippen molar-refractivity contribution in [3.63, 3.8) is 0 Å². The van der Waals surface area contributed by atoms with Crippen molar-refractivity contribution >= 4 is 44.7 Å². The van der Waals surface area contributed by atoms with Crippen molar-refractivity contribution in [2.24, 2.45) is 11.7 Å². The molecule has 0 unspecified atom stereocenters. The van der Waals surface area contributed by atoms with Gasteiger partial charge in [-0.05, 0) is 68.0 Å². The molecule has 3 amide bonds. The van der Waals surface area contributed by atoms with Crippen LogP contribution in [0.3, 0.4) is 0 Å². The van der Waals surface area contributed by atoms with Gasteiger partial charge in [0.2, 0.25) is 11.8 Å². The largest absolute Gasteiger partial charge is 0.445 e. The molecule has 0 radical (unpaired) electrons. The van der Waals surface area contributed by atoms with Crippen molar-refractivity contribution < 1.29 is 45.3 Å². The summed E-state index contributed by atoms with van der Waals surface area (Å²) in [6, 6.07) is 7.08. The van der Waals surface area contributed by atoms with E-state index in [0.29, 0.717) is 0 Å². The standard InChI is InChI=1S/C43H70N6O12SSi2/c1-27(2)33(47-39(53)57-24-30-19-16-15-17-20-30)36(51)46-29(4)35(50)45-21-18-22-48-37(52)28(3)23-49(40(48)54)38-34(60-64(13,14)42(8,9)10)43(31(44)26-62(55,56)61-43)32(59-38)25-58-63(11,12)41(5,6)7/h15-17,19-20,23,26-27,29,32-34,38H,18,21-22,24-25,44H2,1-14H3,(H,45,50)(H,46,51)(H,47,53)/t29-,32+,33-,34-,38+,43+/m0/s1. The van der Waals surface area contributed by atoms with E-state index in [1.807, 2.05) is 65.2 Å². The number of carbonyl (C=O) groups is 3. The molecule has 21 heteroatoms. The number of benzene rings is 1. The maximum Gasteiger partial charge on any atom is 0.408 e. The van der Waals surface area contributed by atoms with E-state index in [1.54, 1.807) is 32.9 Å². The highest BCUT2D eigenvalue weighted by atomic mass is 32.2. The topological polar surface area (TPSA) is 238 Å². The molecule has 2 aliphatic rings. The summed E-state index contributed by atoms with van der Waals surface area (Å²) >= 11 is 0. The Labute approximate surface area is 379 Å². The molecule has 4 rings (SSSR count). The zero-order valence-electron chi connectivity index (χ0n) is 39.8. The second-order valence-electron chi connectivity index (χ2n) is 20.1. The number of hydrogen-bond acceptors (Lipinski definition) is 13. The summed E-state index contributed by atoms with van der Waals surface area (Å²) in [7, 11) is -9.61. The molecule has 1 saturated heterocycles. The van der Waals surface area contributed by atoms with Crippen LogP contribution in [0.15, 0.2) is 57.2 Å². The average molecular weight is 951 g/mol. The number of hydrogen-bond donors (Lipinski definition) is 4. The van der Waals surface area contributed by atoms with Gasteiger partial charge in [-0.1, -0.05) is 85.7 Å². The first-order valence-corrected chi connectivity index (χ1v) is 28.9. The van der Waals surface area contributed by atoms with Crippen LogP contribution in [-0.4, -0.2) is 95.1 Å². The van der Waals surface area contributed by atoms with E-state index >= 15 is 0 Å². The van der Waals surface area contributed by atoms with Gasteiger partial charge in [0, 0.05) is 24.8 Å². The fourth-order valence-electron chi connectivity index (χ4n) is 6.75. The fourth-order valence-corrected chi connectivity index (χ4v) is 10.3. The van der Waals surface area contributed by atoms with Crippen LogP contribution in [0.5, 0.6) is 0 Å². The third kappa shape index (κ3) is 11.8. The second kappa shape index (κ2) is 19.8. The third-order valence-electron chi connectivity index (χ3n) is 12.8. The average Bonchev–Trinajstić information content (AvgIpc) is 3.61. The van der Waals surface area contributed by atoms with Crippen molar-refractivity contribution in [1.82, 2.24) is 25.1 Å². The normalized spacial score (nSPS) is 22.2. The summed E-state index contributed by atoms with van der Waals surface area (Å²) in [5.41, 5.74) is 4.18. The number of aryl methyl sites for hydroxylation is 1. The van der Waals surface area contributed by atoms with Crippen LogP contribution >= 0.6 is 0 Å². The molecule has 64 heavy (non-hydrogen) atoms. The summed E-state index contributed by atoms with van der Waals surface area (Å²) in [5.74, 6) is -1.45. The van der Waals surface area contributed by atoms with Crippen LogP contribution in [0.4, 0.5) is 4.79 Å². The molecule has 1 fully saturated rings. The lowest BCUT2D eigenvalue weighted by Gasteiger charge is -2.43. The van der Waals surface area contributed by atoms with Crippen LogP contribution in [0, 0.1) is 12.8 Å². The molecule has 3 heterocycles. The lowest BCUT2D eigenvalue weighted by Crippen LogP contribution is -2.59. The smallest absolute Gasteiger partial charge is 0.408 e. The highest BCUT2D eigenvalue weighted by Gasteiger charge is 2.67. The van der Waals surface area contributed by atoms with Crippen LogP contribution in [-0.2, 0) is 55.4 Å². The fraction of sp³-hybridized carbons (Fsp3) is 0.651. The van der Waals surface area contributed by atoms with Gasteiger partial charge in [-0.3, -0.25) is 23.5 Å². The molecule has 1 spiro atoms. The van der Waals surface area contributed by atoms with Crippen molar-refractivity contribution in [2.75, 3.05) is 13.2 Å². The van der Waals surface area contributed by atoms with Crippen molar-refractivity contribution in [3.05, 3.63) is 79.6 Å². The molecule has 0 saturated carbocycles. The summed E-state index contributed by atoms with van der Waals surface area (Å²) in [5, 5.41) is 8.16. The Bertz CT molecular complexity index is 2290. The van der Waals surface area contributed by atoms with Gasteiger partial charge in [-0.2, -0.15) is 8.42 Å². The van der Waals surface area contributed by atoms with E-state index in [9.17, 15) is 32.4 Å². The molecular weight excluding hydrogens is 881 g/mol. The summed E-state index contributed by atoms with van der Waals surface area (Å²) < 4.78 is 60.1. The van der Waals surface area contributed by atoms with Crippen molar-refractivity contribution in [2.45, 2.75) is 161 Å². The van der Waals surface area contributed by atoms with Crippen LogP contribution in [0.1, 0.15) is 86.1 Å². The Morgan fingerprint density at radius 2 is 1.55 bits per heavy atom. The van der Waals surface area contributed by atoms with E-state index < -0.39 is 97.1 Å². The van der Waals surface area contributed by atoms with E-state index in [4.69, 9.17) is 28.2 Å². The number of aromatic nitrogens is 2. The van der Waals surface area contributed by atoms with Crippen molar-refractivity contribution in [1.29, 1.82) is 0 Å². The van der Waals surface area contributed by atoms with Gasteiger partial charge in [-0.15, -0.1) is 0 Å². The van der Waals surface area contributed by atoms with E-state index in [-0.39, 0.29) is 54.9 Å². The molecule has 5 N–H and O–H groups in total. The Hall–Kier alpha value is -4.13. The van der Waals surface area contributed by atoms with Gasteiger partial charge in [-0.25, -0.2) is 13.8 Å². The van der Waals surface area contributed by atoms with Gasteiger partial charge < -0.3 is 40.0 Å². The predicted molar refractivity (Wildman–Crippen MR) is 247 cm³/mol. The lowest BCUT2D eigenvalue weighted by molar-refractivity contribution is -0.130. The zero-order chi connectivity index (χ0) is 48.4. The molecule has 1 aromatic heterocycles. The Kier molecular flexibility index (Phi) is 16.2. The first-order chi connectivity index (χ1) is 29.3. The molecule has 0 bridgehead atoms. The maximum atomic E-state index is 14.5. The monoisotopic (exact) mass is 950 g/mol. The minimum Gasteiger partial charge on any atom is -0.445 e. The highest BCUT2D eigenvalue weighted by Crippen LogP contribution is 2.52. The number of ether oxygens (including phenoxy) is 2. The quantitative estimate of drug-likeness (QED) is 0.0973. The van der Waals surface area contributed by atoms with Gasteiger partial charge in [0.25, 0.3) is 15.7 Å². The van der Waals surface area contributed by atoms with Crippen LogP contribution in [0.25, 0.3) is 0 Å². The van der Waals surface area contributed by atoms with Gasteiger partial charge in [0.1, 0.15) is 30.9 Å². The zero-order valence-corrected chi connectivity index (χ0v) is 42.6. The number of alkyl carbamates (subject to hydrolysis) is 1. The minimum atomic E-state index is -4.32. The Morgan fingerprint density at radius 3 is 2.09 bits per heavy atom. The molecular formula is C43H70N6O12SSi2. The number of nitrogens with one attached hydrogen (secondary N) is 3. The van der Waals surface area contributed by atoms with Crippen LogP contribution in [0.2, 0.25) is 36.3 Å².